The van der Waals surface area contributed by atoms with E-state index < -0.39 is 16.8 Å². The van der Waals surface area contributed by atoms with Crippen LogP contribution in [0.4, 0.5) is 11.4 Å². The summed E-state index contributed by atoms with van der Waals surface area (Å²) >= 11 is 5.72. The number of hydrogen-bond acceptors (Lipinski definition) is 5. The maximum Gasteiger partial charge on any atom is 0.335 e. The minimum atomic E-state index is -1.16. The van der Waals surface area contributed by atoms with Crippen LogP contribution in [0, 0.1) is 21.4 Å². The summed E-state index contributed by atoms with van der Waals surface area (Å²) in [6.45, 7) is 0. The van der Waals surface area contributed by atoms with Crippen molar-refractivity contribution in [3.8, 4) is 6.07 Å². The molecule has 0 atom stereocenters. The van der Waals surface area contributed by atoms with Gasteiger partial charge in [0.2, 0.25) is 0 Å². The van der Waals surface area contributed by atoms with Crippen molar-refractivity contribution >= 4 is 40.9 Å². The Morgan fingerprint density at radius 2 is 2.00 bits per heavy atom. The van der Waals surface area contributed by atoms with Gasteiger partial charge in [0.1, 0.15) is 16.7 Å². The number of nitro groups is 1. The molecule has 0 aromatic heterocycles. The van der Waals surface area contributed by atoms with Crippen LogP contribution < -0.4 is 5.32 Å². The first-order valence-electron chi connectivity index (χ1n) is 7.02. The SMILES string of the molecule is N#CC(=Cc1ccc(Cl)c([N+](=O)[O-])c1)C(=O)Nc1cccc(C(=O)O)c1. The third-order valence-corrected chi connectivity index (χ3v) is 3.53. The highest BCUT2D eigenvalue weighted by molar-refractivity contribution is 6.32. The molecule has 2 aromatic rings. The lowest BCUT2D eigenvalue weighted by atomic mass is 10.1. The van der Waals surface area contributed by atoms with Crippen molar-refractivity contribution in [3.05, 3.63) is 74.3 Å². The van der Waals surface area contributed by atoms with Gasteiger partial charge in [-0.1, -0.05) is 23.7 Å². The highest BCUT2D eigenvalue weighted by atomic mass is 35.5. The second-order valence-corrected chi connectivity index (χ2v) is 5.39. The molecule has 2 N–H and O–H groups in total. The number of aromatic carboxylic acids is 1. The second kappa shape index (κ2) is 7.92. The van der Waals surface area contributed by atoms with Crippen molar-refractivity contribution in [2.45, 2.75) is 0 Å². The largest absolute Gasteiger partial charge is 0.478 e. The number of amides is 1. The molecular formula is C17H10ClN3O5. The lowest BCUT2D eigenvalue weighted by Gasteiger charge is -2.05. The zero-order valence-corrected chi connectivity index (χ0v) is 13.7. The number of nitriles is 1. The molecule has 0 aliphatic carbocycles. The summed E-state index contributed by atoms with van der Waals surface area (Å²) < 4.78 is 0. The number of halogens is 1. The Morgan fingerprint density at radius 3 is 2.62 bits per heavy atom. The van der Waals surface area contributed by atoms with Gasteiger partial charge >= 0.3 is 5.97 Å². The van der Waals surface area contributed by atoms with Crippen LogP contribution in [0.15, 0.2) is 48.0 Å². The predicted molar refractivity (Wildman–Crippen MR) is 93.7 cm³/mol. The molecule has 2 aromatic carbocycles. The summed E-state index contributed by atoms with van der Waals surface area (Å²) in [6.07, 6.45) is 1.17. The van der Waals surface area contributed by atoms with Crippen molar-refractivity contribution in [3.63, 3.8) is 0 Å². The van der Waals surface area contributed by atoms with Crippen molar-refractivity contribution in [1.29, 1.82) is 5.26 Å². The van der Waals surface area contributed by atoms with E-state index in [1.807, 2.05) is 0 Å². The highest BCUT2D eigenvalue weighted by Gasteiger charge is 2.15. The van der Waals surface area contributed by atoms with Crippen LogP contribution in [-0.2, 0) is 4.79 Å². The van der Waals surface area contributed by atoms with Gasteiger partial charge in [0.15, 0.2) is 0 Å². The van der Waals surface area contributed by atoms with Gasteiger partial charge in [-0.15, -0.1) is 0 Å². The molecule has 0 bridgehead atoms. The van der Waals surface area contributed by atoms with Crippen LogP contribution in [0.3, 0.4) is 0 Å². The van der Waals surface area contributed by atoms with Gasteiger partial charge < -0.3 is 10.4 Å². The Labute approximate surface area is 152 Å². The Balaban J connectivity index is 2.29. The molecule has 0 fully saturated rings. The van der Waals surface area contributed by atoms with Gasteiger partial charge in [0.05, 0.1) is 10.5 Å². The van der Waals surface area contributed by atoms with E-state index in [-0.39, 0.29) is 33.1 Å². The fourth-order valence-corrected chi connectivity index (χ4v) is 2.19. The van der Waals surface area contributed by atoms with Crippen LogP contribution in [0.5, 0.6) is 0 Å². The molecular weight excluding hydrogens is 362 g/mol. The lowest BCUT2D eigenvalue weighted by Crippen LogP contribution is -2.14. The van der Waals surface area contributed by atoms with E-state index >= 15 is 0 Å². The topological polar surface area (TPSA) is 133 Å². The van der Waals surface area contributed by atoms with Crippen LogP contribution in [-0.4, -0.2) is 21.9 Å². The molecule has 2 rings (SSSR count). The predicted octanol–water partition coefficient (Wildman–Crippen LogP) is 3.49. The number of nitrogens with zero attached hydrogens (tertiary/aromatic N) is 2. The van der Waals surface area contributed by atoms with Crippen molar-refractivity contribution < 1.29 is 19.6 Å². The van der Waals surface area contributed by atoms with Crippen molar-refractivity contribution in [2.75, 3.05) is 5.32 Å². The van der Waals surface area contributed by atoms with Crippen LogP contribution in [0.25, 0.3) is 6.08 Å². The van der Waals surface area contributed by atoms with Crippen molar-refractivity contribution in [2.24, 2.45) is 0 Å². The number of nitro benzene ring substituents is 1. The minimum Gasteiger partial charge on any atom is -0.478 e. The number of carboxylic acids is 1. The maximum atomic E-state index is 12.2. The molecule has 0 aliphatic rings. The molecule has 26 heavy (non-hydrogen) atoms. The monoisotopic (exact) mass is 371 g/mol. The number of nitrogens with one attached hydrogen (secondary N) is 1. The molecule has 0 spiro atoms. The average molecular weight is 372 g/mol. The number of anilines is 1. The highest BCUT2D eigenvalue weighted by Crippen LogP contribution is 2.26. The molecule has 9 heteroatoms. The molecule has 130 valence electrons. The quantitative estimate of drug-likeness (QED) is 0.357. The van der Waals surface area contributed by atoms with Crippen molar-refractivity contribution in [1.82, 2.24) is 0 Å². The van der Waals surface area contributed by atoms with Gasteiger partial charge in [-0.05, 0) is 35.9 Å². The Hall–Kier alpha value is -3.70. The third-order valence-electron chi connectivity index (χ3n) is 3.21. The molecule has 0 saturated carbocycles. The number of benzene rings is 2. The molecule has 0 unspecified atom stereocenters. The molecule has 1 amide bonds. The summed E-state index contributed by atoms with van der Waals surface area (Å²) in [5.41, 5.74) is -0.265. The summed E-state index contributed by atoms with van der Waals surface area (Å²) in [7, 11) is 0. The molecule has 0 saturated heterocycles. The first-order valence-corrected chi connectivity index (χ1v) is 7.40. The number of carbonyl (C=O) groups is 2. The standard InChI is InChI=1S/C17H10ClN3O5/c18-14-5-4-10(7-15(14)21(25)26)6-12(9-19)16(22)20-13-3-1-2-11(8-13)17(23)24/h1-8H,(H,20,22)(H,23,24). The van der Waals surface area contributed by atoms with Gasteiger partial charge in [0, 0.05) is 11.8 Å². The number of rotatable bonds is 5. The van der Waals surface area contributed by atoms with Gasteiger partial charge in [-0.25, -0.2) is 4.79 Å². The van der Waals surface area contributed by atoms with E-state index in [9.17, 15) is 25.0 Å². The van der Waals surface area contributed by atoms with Crippen LogP contribution in [0.1, 0.15) is 15.9 Å². The number of carboxylic acid groups (broad SMARTS) is 1. The summed E-state index contributed by atoms with van der Waals surface area (Å²) in [6, 6.07) is 11.0. The van der Waals surface area contributed by atoms with E-state index in [1.165, 1.54) is 42.5 Å². The van der Waals surface area contributed by atoms with E-state index in [2.05, 4.69) is 5.32 Å². The maximum absolute atomic E-state index is 12.2. The Bertz CT molecular complexity index is 979. The Morgan fingerprint density at radius 1 is 1.27 bits per heavy atom. The molecule has 0 aliphatic heterocycles. The number of carbonyl (C=O) groups excluding carboxylic acids is 1. The van der Waals surface area contributed by atoms with Crippen LogP contribution in [0.2, 0.25) is 5.02 Å². The summed E-state index contributed by atoms with van der Waals surface area (Å²) in [5, 5.41) is 31.4. The summed E-state index contributed by atoms with van der Waals surface area (Å²) in [4.78, 5) is 33.4. The molecule has 8 nitrogen and oxygen atoms in total. The first kappa shape index (κ1) is 18.6. The molecule has 0 heterocycles. The Kier molecular flexibility index (Phi) is 5.67. The lowest BCUT2D eigenvalue weighted by molar-refractivity contribution is -0.384. The normalized spacial score (nSPS) is 10.7. The van der Waals surface area contributed by atoms with E-state index in [1.54, 1.807) is 6.07 Å². The van der Waals surface area contributed by atoms with E-state index in [4.69, 9.17) is 16.7 Å². The fourth-order valence-electron chi connectivity index (χ4n) is 2.00. The second-order valence-electron chi connectivity index (χ2n) is 4.98. The smallest absolute Gasteiger partial charge is 0.335 e. The van der Waals surface area contributed by atoms with Gasteiger partial charge in [-0.2, -0.15) is 5.26 Å². The van der Waals surface area contributed by atoms with Crippen LogP contribution >= 0.6 is 11.6 Å². The zero-order valence-electron chi connectivity index (χ0n) is 13.0. The fraction of sp³-hybridized carbons (Fsp3) is 0. The van der Waals surface area contributed by atoms with E-state index in [0.717, 1.165) is 6.07 Å². The minimum absolute atomic E-state index is 0.0291. The van der Waals surface area contributed by atoms with E-state index in [0.29, 0.717) is 0 Å². The molecule has 0 radical (unpaired) electrons. The third kappa shape index (κ3) is 4.43. The van der Waals surface area contributed by atoms with Gasteiger partial charge in [-0.3, -0.25) is 14.9 Å². The van der Waals surface area contributed by atoms with Gasteiger partial charge in [0.25, 0.3) is 11.6 Å². The zero-order chi connectivity index (χ0) is 19.3. The number of hydrogen-bond donors (Lipinski definition) is 2. The summed E-state index contributed by atoms with van der Waals surface area (Å²) in [5.74, 6) is -1.95. The average Bonchev–Trinajstić information content (AvgIpc) is 2.60. The first-order chi connectivity index (χ1) is 12.3.